The Morgan fingerprint density at radius 3 is 2.36 bits per heavy atom. The lowest BCUT2D eigenvalue weighted by molar-refractivity contribution is -0.384. The Hall–Kier alpha value is -3.99. The van der Waals surface area contributed by atoms with E-state index in [2.05, 4.69) is 10.0 Å². The number of carbonyl (C=O) groups excluding carboxylic acids is 1. The van der Waals surface area contributed by atoms with Crippen LogP contribution in [0.5, 0.6) is 5.75 Å². The predicted octanol–water partition coefficient (Wildman–Crippen LogP) is 4.17. The van der Waals surface area contributed by atoms with Gasteiger partial charge in [0.15, 0.2) is 6.61 Å². The zero-order chi connectivity index (χ0) is 24.2. The molecule has 0 atom stereocenters. The van der Waals surface area contributed by atoms with Crippen LogP contribution in [-0.4, -0.2) is 25.9 Å². The van der Waals surface area contributed by atoms with Gasteiger partial charge in [0.1, 0.15) is 11.6 Å². The van der Waals surface area contributed by atoms with Gasteiger partial charge in [-0.2, -0.15) is 0 Å². The summed E-state index contributed by atoms with van der Waals surface area (Å²) in [5.74, 6) is -0.728. The van der Waals surface area contributed by atoms with Gasteiger partial charge in [-0.25, -0.2) is 12.8 Å². The van der Waals surface area contributed by atoms with Gasteiger partial charge in [0, 0.05) is 17.8 Å². The molecule has 172 valence electrons. The minimum Gasteiger partial charge on any atom is -0.483 e. The summed E-state index contributed by atoms with van der Waals surface area (Å²) in [7, 11) is -3.92. The lowest BCUT2D eigenvalue weighted by Gasteiger charge is -2.13. The molecule has 0 unspecified atom stereocenters. The van der Waals surface area contributed by atoms with Crippen LogP contribution in [-0.2, 0) is 14.8 Å². The molecule has 0 aromatic heterocycles. The fourth-order valence-corrected chi connectivity index (χ4v) is 4.01. The molecule has 3 aromatic rings. The molecule has 1 amide bonds. The second-order valence-corrected chi connectivity index (χ2v) is 8.82. The molecule has 0 fully saturated rings. The van der Waals surface area contributed by atoms with Crippen molar-refractivity contribution < 1.29 is 27.3 Å². The van der Waals surface area contributed by atoms with Crippen LogP contribution in [0.3, 0.4) is 0 Å². The number of non-ortho nitro benzene ring substituents is 1. The van der Waals surface area contributed by atoms with Crippen molar-refractivity contribution in [1.82, 2.24) is 0 Å². The number of anilines is 2. The highest BCUT2D eigenvalue weighted by molar-refractivity contribution is 7.92. The van der Waals surface area contributed by atoms with Gasteiger partial charge in [-0.15, -0.1) is 0 Å². The molecule has 0 bridgehead atoms. The molecule has 0 heterocycles. The first-order valence-electron chi connectivity index (χ1n) is 9.62. The summed E-state index contributed by atoms with van der Waals surface area (Å²) in [5.41, 5.74) is 1.47. The van der Waals surface area contributed by atoms with Gasteiger partial charge in [0.25, 0.3) is 21.6 Å². The average Bonchev–Trinajstić information content (AvgIpc) is 2.75. The van der Waals surface area contributed by atoms with Crippen LogP contribution >= 0.6 is 0 Å². The number of halogens is 1. The van der Waals surface area contributed by atoms with Crippen molar-refractivity contribution in [3.05, 3.63) is 87.7 Å². The van der Waals surface area contributed by atoms with Crippen molar-refractivity contribution in [3.63, 3.8) is 0 Å². The molecule has 11 heteroatoms. The zero-order valence-corrected chi connectivity index (χ0v) is 18.5. The van der Waals surface area contributed by atoms with Gasteiger partial charge in [-0.05, 0) is 67.4 Å². The Morgan fingerprint density at radius 2 is 1.73 bits per heavy atom. The number of hydrogen-bond acceptors (Lipinski definition) is 6. The van der Waals surface area contributed by atoms with Crippen molar-refractivity contribution in [3.8, 4) is 5.75 Å². The van der Waals surface area contributed by atoms with Crippen LogP contribution in [0.15, 0.2) is 65.6 Å². The number of nitrogens with zero attached hydrogens (tertiary/aromatic N) is 1. The first-order valence-corrected chi connectivity index (χ1v) is 11.1. The van der Waals surface area contributed by atoms with Gasteiger partial charge in [0.2, 0.25) is 0 Å². The summed E-state index contributed by atoms with van der Waals surface area (Å²) < 4.78 is 46.0. The highest BCUT2D eigenvalue weighted by atomic mass is 32.2. The number of nitro groups is 1. The molecule has 0 aliphatic carbocycles. The predicted molar refractivity (Wildman–Crippen MR) is 120 cm³/mol. The third-order valence-corrected chi connectivity index (χ3v) is 6.00. The van der Waals surface area contributed by atoms with E-state index in [9.17, 15) is 27.7 Å². The number of carbonyl (C=O) groups is 1. The van der Waals surface area contributed by atoms with E-state index in [-0.39, 0.29) is 22.9 Å². The van der Waals surface area contributed by atoms with Crippen LogP contribution < -0.4 is 14.8 Å². The van der Waals surface area contributed by atoms with Crippen molar-refractivity contribution in [2.24, 2.45) is 0 Å². The van der Waals surface area contributed by atoms with E-state index in [1.807, 2.05) is 0 Å². The first-order chi connectivity index (χ1) is 15.5. The quantitative estimate of drug-likeness (QED) is 0.373. The topological polar surface area (TPSA) is 128 Å². The zero-order valence-electron chi connectivity index (χ0n) is 17.7. The van der Waals surface area contributed by atoms with Gasteiger partial charge >= 0.3 is 0 Å². The summed E-state index contributed by atoms with van der Waals surface area (Å²) in [5, 5.41) is 13.5. The van der Waals surface area contributed by atoms with Crippen LogP contribution in [0.4, 0.5) is 21.5 Å². The van der Waals surface area contributed by atoms with Gasteiger partial charge in [-0.1, -0.05) is 6.07 Å². The van der Waals surface area contributed by atoms with Crippen molar-refractivity contribution in [2.75, 3.05) is 16.6 Å². The number of amides is 1. The summed E-state index contributed by atoms with van der Waals surface area (Å²) in [6, 6.07) is 13.1. The van der Waals surface area contributed by atoms with Gasteiger partial charge in [-0.3, -0.25) is 19.6 Å². The lowest BCUT2D eigenvalue weighted by Crippen LogP contribution is -2.21. The summed E-state index contributed by atoms with van der Waals surface area (Å²) in [6.07, 6.45) is 0. The number of nitro benzene ring substituents is 1. The molecule has 33 heavy (non-hydrogen) atoms. The Labute approximate surface area is 189 Å². The smallest absolute Gasteiger partial charge is 0.271 e. The van der Waals surface area contributed by atoms with E-state index in [4.69, 9.17) is 4.74 Å². The van der Waals surface area contributed by atoms with Gasteiger partial charge < -0.3 is 10.1 Å². The number of hydrogen-bond donors (Lipinski definition) is 2. The van der Waals surface area contributed by atoms with Crippen LogP contribution in [0.25, 0.3) is 0 Å². The number of sulfonamides is 1. The highest BCUT2D eigenvalue weighted by Gasteiger charge is 2.17. The molecule has 0 saturated carbocycles. The second-order valence-electron chi connectivity index (χ2n) is 7.13. The maximum absolute atomic E-state index is 13.0. The number of benzene rings is 3. The van der Waals surface area contributed by atoms with E-state index in [0.29, 0.717) is 22.6 Å². The lowest BCUT2D eigenvalue weighted by atomic mass is 10.2. The van der Waals surface area contributed by atoms with Crippen LogP contribution in [0.1, 0.15) is 11.1 Å². The molecule has 0 aliphatic rings. The second kappa shape index (κ2) is 9.65. The Bertz CT molecular complexity index is 1310. The third kappa shape index (κ3) is 6.04. The molecule has 0 aliphatic heterocycles. The molecule has 3 rings (SSSR count). The van der Waals surface area contributed by atoms with Crippen molar-refractivity contribution in [2.45, 2.75) is 18.7 Å². The van der Waals surface area contributed by atoms with E-state index in [0.717, 1.165) is 12.1 Å². The summed E-state index contributed by atoms with van der Waals surface area (Å²) >= 11 is 0. The first kappa shape index (κ1) is 23.7. The highest BCUT2D eigenvalue weighted by Crippen LogP contribution is 2.25. The maximum atomic E-state index is 13.0. The minimum absolute atomic E-state index is 0.0339. The Balaban J connectivity index is 1.66. The average molecular weight is 473 g/mol. The number of rotatable bonds is 8. The standard InChI is InChI=1S/C22H20FN3O6S/c1-14-3-8-18(26(28)29)12-20(14)24-22(27)13-32-21-10-9-19(11-15(21)2)33(30,31)25-17-6-4-16(23)5-7-17/h3-12,25H,13H2,1-2H3,(H,24,27). The Morgan fingerprint density at radius 1 is 1.03 bits per heavy atom. The SMILES string of the molecule is Cc1ccc([N+](=O)[O-])cc1NC(=O)COc1ccc(S(=O)(=O)Nc2ccc(F)cc2)cc1C. The fraction of sp³-hybridized carbons (Fsp3) is 0.136. The maximum Gasteiger partial charge on any atom is 0.271 e. The molecule has 0 saturated heterocycles. The molecular weight excluding hydrogens is 453 g/mol. The number of ether oxygens (including phenoxy) is 1. The normalized spacial score (nSPS) is 11.0. The number of nitrogens with one attached hydrogen (secondary N) is 2. The van der Waals surface area contributed by atoms with Crippen LogP contribution in [0, 0.1) is 29.8 Å². The minimum atomic E-state index is -3.92. The van der Waals surface area contributed by atoms with Crippen molar-refractivity contribution in [1.29, 1.82) is 0 Å². The Kier molecular flexibility index (Phi) is 6.92. The van der Waals surface area contributed by atoms with E-state index in [1.165, 1.54) is 48.5 Å². The molecule has 2 N–H and O–H groups in total. The number of aryl methyl sites for hydroxylation is 2. The third-order valence-electron chi connectivity index (χ3n) is 4.62. The fourth-order valence-electron chi connectivity index (χ4n) is 2.87. The van der Waals surface area contributed by atoms with Crippen LogP contribution in [0.2, 0.25) is 0 Å². The molecule has 0 radical (unpaired) electrons. The van der Waals surface area contributed by atoms with E-state index < -0.39 is 26.7 Å². The molecule has 3 aromatic carbocycles. The van der Waals surface area contributed by atoms with Crippen molar-refractivity contribution >= 4 is 33.0 Å². The largest absolute Gasteiger partial charge is 0.483 e. The monoisotopic (exact) mass is 473 g/mol. The van der Waals surface area contributed by atoms with E-state index in [1.54, 1.807) is 13.8 Å². The summed E-state index contributed by atoms with van der Waals surface area (Å²) in [4.78, 5) is 22.6. The van der Waals surface area contributed by atoms with E-state index >= 15 is 0 Å². The molecule has 0 spiro atoms. The van der Waals surface area contributed by atoms with Gasteiger partial charge in [0.05, 0.1) is 15.5 Å². The molecule has 9 nitrogen and oxygen atoms in total. The molecular formula is C22H20FN3O6S. The summed E-state index contributed by atoms with van der Waals surface area (Å²) in [6.45, 7) is 2.93.